The lowest BCUT2D eigenvalue weighted by molar-refractivity contribution is 0.0716. The summed E-state index contributed by atoms with van der Waals surface area (Å²) in [5.74, 6) is -0.799. The van der Waals surface area contributed by atoms with Crippen molar-refractivity contribution in [3.05, 3.63) is 83.8 Å². The number of likely N-dealkylation sites (tertiary alicyclic amines) is 1. The van der Waals surface area contributed by atoms with Gasteiger partial charge in [-0.3, -0.25) is 4.79 Å². The summed E-state index contributed by atoms with van der Waals surface area (Å²) in [6.45, 7) is 0.611. The topological polar surface area (TPSA) is 55.6 Å². The molecule has 4 aromatic rings. The van der Waals surface area contributed by atoms with Crippen LogP contribution in [0.5, 0.6) is 5.75 Å². The Morgan fingerprint density at radius 3 is 2.69 bits per heavy atom. The highest BCUT2D eigenvalue weighted by molar-refractivity contribution is 5.95. The Morgan fingerprint density at radius 2 is 1.88 bits per heavy atom. The average Bonchev–Trinajstić information content (AvgIpc) is 3.46. The Kier molecular flexibility index (Phi) is 5.09. The van der Waals surface area contributed by atoms with E-state index in [9.17, 15) is 13.6 Å². The van der Waals surface area contributed by atoms with E-state index in [0.717, 1.165) is 25.0 Å². The van der Waals surface area contributed by atoms with Gasteiger partial charge in [-0.2, -0.15) is 0 Å². The molecule has 0 spiro atoms. The summed E-state index contributed by atoms with van der Waals surface area (Å²) in [5, 5.41) is 0. The Bertz CT molecular complexity index is 1320. The molecule has 162 valence electrons. The number of carbonyl (C=O) groups excluding carboxylic acids is 1. The second-order valence-corrected chi connectivity index (χ2v) is 7.75. The second kappa shape index (κ2) is 8.07. The van der Waals surface area contributed by atoms with Gasteiger partial charge in [0.15, 0.2) is 17.2 Å². The lowest BCUT2D eigenvalue weighted by atomic mass is 10.1. The van der Waals surface area contributed by atoms with E-state index in [2.05, 4.69) is 4.98 Å². The van der Waals surface area contributed by atoms with Gasteiger partial charge in [0, 0.05) is 12.1 Å². The Hall–Kier alpha value is -3.74. The number of fused-ring (bicyclic) bond motifs is 1. The van der Waals surface area contributed by atoms with Gasteiger partial charge in [-0.05, 0) is 66.4 Å². The monoisotopic (exact) mass is 434 g/mol. The second-order valence-electron chi connectivity index (χ2n) is 7.75. The zero-order chi connectivity index (χ0) is 22.2. The molecule has 0 unspecified atom stereocenters. The number of ether oxygens (including phenoxy) is 1. The quantitative estimate of drug-likeness (QED) is 0.410. The number of amides is 1. The van der Waals surface area contributed by atoms with E-state index in [-0.39, 0.29) is 11.9 Å². The van der Waals surface area contributed by atoms with Crippen LogP contribution >= 0.6 is 0 Å². The maximum atomic E-state index is 13.6. The van der Waals surface area contributed by atoms with Crippen molar-refractivity contribution in [3.8, 4) is 16.9 Å². The van der Waals surface area contributed by atoms with Gasteiger partial charge >= 0.3 is 0 Å². The van der Waals surface area contributed by atoms with E-state index in [1.807, 2.05) is 0 Å². The number of carbonyl (C=O) groups is 1. The molecule has 32 heavy (non-hydrogen) atoms. The zero-order valence-corrected chi connectivity index (χ0v) is 17.3. The maximum absolute atomic E-state index is 13.6. The van der Waals surface area contributed by atoms with Crippen LogP contribution in [0.3, 0.4) is 0 Å². The maximum Gasteiger partial charge on any atom is 0.254 e. The van der Waals surface area contributed by atoms with Crippen LogP contribution in [0.25, 0.3) is 22.2 Å². The Labute approximate surface area is 183 Å². The lowest BCUT2D eigenvalue weighted by Gasteiger charge is -2.22. The molecule has 1 fully saturated rings. The molecule has 1 amide bonds. The summed E-state index contributed by atoms with van der Waals surface area (Å²) < 4.78 is 38.1. The molecule has 1 aliphatic heterocycles. The van der Waals surface area contributed by atoms with Crippen molar-refractivity contribution in [1.82, 2.24) is 9.88 Å². The van der Waals surface area contributed by atoms with E-state index in [4.69, 9.17) is 9.15 Å². The number of rotatable bonds is 4. The van der Waals surface area contributed by atoms with Gasteiger partial charge in [-0.1, -0.05) is 18.2 Å². The summed E-state index contributed by atoms with van der Waals surface area (Å²) in [4.78, 5) is 19.5. The zero-order valence-electron chi connectivity index (χ0n) is 17.3. The number of aromatic nitrogens is 1. The third-order valence-corrected chi connectivity index (χ3v) is 5.77. The standard InChI is InChI=1S/C25H20F2N2O3/c1-31-18-5-2-4-17(12-18)25(30)29-11-3-6-22(29)24-28-21-14-16(8-10-23(21)32-24)15-7-9-19(26)20(27)13-15/h2,4-5,7-10,12-14,22H,3,6,11H2,1H3/t22-/m1/s1. The van der Waals surface area contributed by atoms with Crippen LogP contribution in [0.1, 0.15) is 35.1 Å². The van der Waals surface area contributed by atoms with E-state index in [1.54, 1.807) is 54.5 Å². The minimum Gasteiger partial charge on any atom is -0.497 e. The molecule has 5 rings (SSSR count). The fraction of sp³-hybridized carbons (Fsp3) is 0.200. The van der Waals surface area contributed by atoms with Gasteiger partial charge in [0.25, 0.3) is 5.91 Å². The first-order valence-corrected chi connectivity index (χ1v) is 10.3. The van der Waals surface area contributed by atoms with Crippen LogP contribution in [0.2, 0.25) is 0 Å². The predicted octanol–water partition coefficient (Wildman–Crippen LogP) is 5.76. The van der Waals surface area contributed by atoms with E-state index in [0.29, 0.717) is 46.0 Å². The molecular weight excluding hydrogens is 414 g/mol. The highest BCUT2D eigenvalue weighted by Crippen LogP contribution is 2.35. The molecule has 1 saturated heterocycles. The van der Waals surface area contributed by atoms with Crippen molar-refractivity contribution < 1.29 is 22.7 Å². The van der Waals surface area contributed by atoms with E-state index < -0.39 is 11.6 Å². The Balaban J connectivity index is 1.45. The first kappa shape index (κ1) is 20.2. The van der Waals surface area contributed by atoms with Crippen LogP contribution in [-0.4, -0.2) is 29.4 Å². The summed E-state index contributed by atoms with van der Waals surface area (Å²) >= 11 is 0. The average molecular weight is 434 g/mol. The van der Waals surface area contributed by atoms with Crippen LogP contribution in [-0.2, 0) is 0 Å². The first-order chi connectivity index (χ1) is 15.5. The van der Waals surface area contributed by atoms with E-state index in [1.165, 1.54) is 6.07 Å². The van der Waals surface area contributed by atoms with Gasteiger partial charge in [-0.15, -0.1) is 0 Å². The van der Waals surface area contributed by atoms with Crippen molar-refractivity contribution in [2.24, 2.45) is 0 Å². The summed E-state index contributed by atoms with van der Waals surface area (Å²) in [5.41, 5.74) is 2.97. The molecule has 0 aliphatic carbocycles. The van der Waals surface area contributed by atoms with Crippen molar-refractivity contribution in [3.63, 3.8) is 0 Å². The summed E-state index contributed by atoms with van der Waals surface area (Å²) in [6, 6.07) is 15.9. The lowest BCUT2D eigenvalue weighted by Crippen LogP contribution is -2.30. The number of hydrogen-bond acceptors (Lipinski definition) is 4. The molecule has 0 saturated carbocycles. The summed E-state index contributed by atoms with van der Waals surface area (Å²) in [7, 11) is 1.56. The normalized spacial score (nSPS) is 16.0. The smallest absolute Gasteiger partial charge is 0.254 e. The first-order valence-electron chi connectivity index (χ1n) is 10.3. The molecular formula is C25H20F2N2O3. The fourth-order valence-electron chi connectivity index (χ4n) is 4.13. The Morgan fingerprint density at radius 1 is 1.06 bits per heavy atom. The molecule has 3 aromatic carbocycles. The number of methoxy groups -OCH3 is 1. The fourth-order valence-corrected chi connectivity index (χ4v) is 4.13. The van der Waals surface area contributed by atoms with Gasteiger partial charge in [0.05, 0.1) is 7.11 Å². The minimum atomic E-state index is -0.902. The molecule has 1 aromatic heterocycles. The van der Waals surface area contributed by atoms with Crippen molar-refractivity contribution in [2.75, 3.05) is 13.7 Å². The highest BCUT2D eigenvalue weighted by Gasteiger charge is 2.34. The SMILES string of the molecule is COc1cccc(C(=O)N2CCC[C@@H]2c2nc3cc(-c4ccc(F)c(F)c4)ccc3o2)c1. The van der Waals surface area contributed by atoms with Crippen molar-refractivity contribution in [2.45, 2.75) is 18.9 Å². The molecule has 5 nitrogen and oxygen atoms in total. The molecule has 1 atom stereocenters. The largest absolute Gasteiger partial charge is 0.497 e. The molecule has 7 heteroatoms. The molecule has 0 bridgehead atoms. The van der Waals surface area contributed by atoms with Crippen molar-refractivity contribution in [1.29, 1.82) is 0 Å². The summed E-state index contributed by atoms with van der Waals surface area (Å²) in [6.07, 6.45) is 1.60. The number of hydrogen-bond donors (Lipinski definition) is 0. The third-order valence-electron chi connectivity index (χ3n) is 5.77. The molecule has 1 aliphatic rings. The molecule has 0 radical (unpaired) electrons. The van der Waals surface area contributed by atoms with Crippen LogP contribution in [0, 0.1) is 11.6 Å². The van der Waals surface area contributed by atoms with Gasteiger partial charge in [-0.25, -0.2) is 13.8 Å². The van der Waals surface area contributed by atoms with Gasteiger partial charge in [0.1, 0.15) is 17.3 Å². The predicted molar refractivity (Wildman–Crippen MR) is 115 cm³/mol. The van der Waals surface area contributed by atoms with Crippen LogP contribution in [0.4, 0.5) is 8.78 Å². The van der Waals surface area contributed by atoms with Crippen molar-refractivity contribution >= 4 is 17.0 Å². The molecule has 0 N–H and O–H groups in total. The minimum absolute atomic E-state index is 0.101. The van der Waals surface area contributed by atoms with Gasteiger partial charge < -0.3 is 14.1 Å². The molecule has 2 heterocycles. The number of halogens is 2. The number of oxazole rings is 1. The number of nitrogens with zero attached hydrogens (tertiary/aromatic N) is 2. The third kappa shape index (κ3) is 3.60. The van der Waals surface area contributed by atoms with E-state index >= 15 is 0 Å². The highest BCUT2D eigenvalue weighted by atomic mass is 19.2. The number of benzene rings is 3. The van der Waals surface area contributed by atoms with Crippen LogP contribution < -0.4 is 4.74 Å². The van der Waals surface area contributed by atoms with Crippen LogP contribution in [0.15, 0.2) is 65.1 Å². The van der Waals surface area contributed by atoms with Gasteiger partial charge in [0.2, 0.25) is 5.89 Å².